The van der Waals surface area contributed by atoms with Crippen LogP contribution in [-0.4, -0.2) is 18.2 Å². The molecule has 0 radical (unpaired) electrons. The van der Waals surface area contributed by atoms with E-state index in [1.165, 1.54) is 12.1 Å². The number of anilines is 1. The molecule has 4 heteroatoms. The summed E-state index contributed by atoms with van der Waals surface area (Å²) >= 11 is 0. The van der Waals surface area contributed by atoms with Crippen LogP contribution in [-0.2, 0) is 0 Å². The van der Waals surface area contributed by atoms with Crippen LogP contribution in [0.15, 0.2) is 18.2 Å². The fraction of sp³-hybridized carbons (Fsp3) is 0.400. The predicted octanol–water partition coefficient (Wildman–Crippen LogP) is 1.54. The molecule has 0 spiro atoms. The number of hydrogen-bond donors (Lipinski definition) is 3. The van der Waals surface area contributed by atoms with Crippen LogP contribution in [0.3, 0.4) is 0 Å². The van der Waals surface area contributed by atoms with E-state index in [1.807, 2.05) is 6.92 Å². The highest BCUT2D eigenvalue weighted by Gasteiger charge is 2.02. The Morgan fingerprint density at radius 3 is 2.86 bits per heavy atom. The van der Waals surface area contributed by atoms with Gasteiger partial charge >= 0.3 is 0 Å². The molecule has 14 heavy (non-hydrogen) atoms. The molecule has 0 aliphatic carbocycles. The normalized spacial score (nSPS) is 12.5. The first-order valence-corrected chi connectivity index (χ1v) is 4.56. The van der Waals surface area contributed by atoms with Crippen LogP contribution in [0.2, 0.25) is 0 Å². The smallest absolute Gasteiger partial charge is 0.166 e. The third kappa shape index (κ3) is 2.88. The Bertz CT molecular complexity index is 304. The third-order valence-electron chi connectivity index (χ3n) is 2.00. The van der Waals surface area contributed by atoms with Gasteiger partial charge in [-0.2, -0.15) is 0 Å². The van der Waals surface area contributed by atoms with Crippen molar-refractivity contribution in [3.63, 3.8) is 0 Å². The molecule has 1 atom stereocenters. The predicted molar refractivity (Wildman–Crippen MR) is 54.8 cm³/mol. The van der Waals surface area contributed by atoms with Gasteiger partial charge in [0.2, 0.25) is 0 Å². The Kier molecular flexibility index (Phi) is 3.71. The molecule has 0 aliphatic rings. The number of nitrogens with one attached hydrogen (secondary N) is 1. The van der Waals surface area contributed by atoms with E-state index in [4.69, 9.17) is 10.8 Å². The zero-order valence-corrected chi connectivity index (χ0v) is 8.13. The lowest BCUT2D eigenvalue weighted by Crippen LogP contribution is -2.19. The van der Waals surface area contributed by atoms with Crippen molar-refractivity contribution in [2.45, 2.75) is 6.92 Å². The molecule has 0 fully saturated rings. The van der Waals surface area contributed by atoms with E-state index in [0.717, 1.165) is 0 Å². The quantitative estimate of drug-likeness (QED) is 0.643. The average Bonchev–Trinajstić information content (AvgIpc) is 2.19. The van der Waals surface area contributed by atoms with Gasteiger partial charge < -0.3 is 16.2 Å². The molecule has 78 valence electrons. The Balaban J connectivity index is 2.55. The van der Waals surface area contributed by atoms with Gasteiger partial charge in [0.15, 0.2) is 11.6 Å². The number of phenols is 1. The summed E-state index contributed by atoms with van der Waals surface area (Å²) in [6, 6.07) is 4.21. The lowest BCUT2D eigenvalue weighted by Gasteiger charge is -2.11. The van der Waals surface area contributed by atoms with Crippen LogP contribution in [0, 0.1) is 11.7 Å². The van der Waals surface area contributed by atoms with E-state index < -0.39 is 5.82 Å². The van der Waals surface area contributed by atoms with Crippen molar-refractivity contribution in [2.24, 2.45) is 11.7 Å². The third-order valence-corrected chi connectivity index (χ3v) is 2.00. The van der Waals surface area contributed by atoms with Crippen LogP contribution >= 0.6 is 0 Å². The number of aromatic hydroxyl groups is 1. The fourth-order valence-electron chi connectivity index (χ4n) is 0.992. The summed E-state index contributed by atoms with van der Waals surface area (Å²) in [6.45, 7) is 3.29. The number of halogens is 1. The van der Waals surface area contributed by atoms with Crippen molar-refractivity contribution >= 4 is 5.69 Å². The molecule has 0 aromatic heterocycles. The number of rotatable bonds is 4. The minimum absolute atomic E-state index is 0.331. The standard InChI is InChI=1S/C10H15FN2O/c1-7(5-12)6-13-8-2-3-10(14)9(11)4-8/h2-4,7,13-14H,5-6,12H2,1H3. The Hall–Kier alpha value is -1.29. The van der Waals surface area contributed by atoms with Gasteiger partial charge in [-0.3, -0.25) is 0 Å². The first-order chi connectivity index (χ1) is 6.63. The van der Waals surface area contributed by atoms with E-state index in [0.29, 0.717) is 24.7 Å². The van der Waals surface area contributed by atoms with E-state index in [1.54, 1.807) is 6.07 Å². The average molecular weight is 198 g/mol. The Morgan fingerprint density at radius 2 is 2.29 bits per heavy atom. The second-order valence-electron chi connectivity index (χ2n) is 3.39. The summed E-state index contributed by atoms with van der Waals surface area (Å²) in [7, 11) is 0. The van der Waals surface area contributed by atoms with Crippen LogP contribution in [0.1, 0.15) is 6.92 Å². The van der Waals surface area contributed by atoms with Crippen LogP contribution in [0.5, 0.6) is 5.75 Å². The lowest BCUT2D eigenvalue weighted by molar-refractivity contribution is 0.432. The highest BCUT2D eigenvalue weighted by atomic mass is 19.1. The van der Waals surface area contributed by atoms with Crippen molar-refractivity contribution in [1.82, 2.24) is 0 Å². The Labute approximate surface area is 82.7 Å². The maximum absolute atomic E-state index is 12.9. The number of benzene rings is 1. The molecule has 1 unspecified atom stereocenters. The summed E-state index contributed by atoms with van der Waals surface area (Å²) in [6.07, 6.45) is 0. The first-order valence-electron chi connectivity index (χ1n) is 4.56. The van der Waals surface area contributed by atoms with Crippen molar-refractivity contribution in [3.05, 3.63) is 24.0 Å². The van der Waals surface area contributed by atoms with Gasteiger partial charge in [-0.15, -0.1) is 0 Å². The maximum atomic E-state index is 12.9. The SMILES string of the molecule is CC(CN)CNc1ccc(O)c(F)c1. The van der Waals surface area contributed by atoms with Crippen molar-refractivity contribution in [1.29, 1.82) is 0 Å². The van der Waals surface area contributed by atoms with Crippen molar-refractivity contribution in [2.75, 3.05) is 18.4 Å². The highest BCUT2D eigenvalue weighted by Crippen LogP contribution is 2.19. The highest BCUT2D eigenvalue weighted by molar-refractivity contribution is 5.46. The van der Waals surface area contributed by atoms with Gasteiger partial charge in [-0.05, 0) is 24.6 Å². The van der Waals surface area contributed by atoms with Crippen molar-refractivity contribution < 1.29 is 9.50 Å². The number of hydrogen-bond acceptors (Lipinski definition) is 3. The Morgan fingerprint density at radius 1 is 1.57 bits per heavy atom. The van der Waals surface area contributed by atoms with E-state index in [-0.39, 0.29) is 5.75 Å². The molecule has 0 heterocycles. The summed E-state index contributed by atoms with van der Waals surface area (Å²) < 4.78 is 12.9. The van der Waals surface area contributed by atoms with Gasteiger partial charge in [-0.25, -0.2) is 4.39 Å². The molecule has 3 nitrogen and oxygen atoms in total. The zero-order chi connectivity index (χ0) is 10.6. The topological polar surface area (TPSA) is 58.3 Å². The molecule has 0 amide bonds. The van der Waals surface area contributed by atoms with Gasteiger partial charge in [0.1, 0.15) is 0 Å². The molecule has 0 saturated heterocycles. The first kappa shape index (κ1) is 10.8. The van der Waals surface area contributed by atoms with Gasteiger partial charge in [0, 0.05) is 18.3 Å². The summed E-state index contributed by atoms with van der Waals surface area (Å²) in [5.74, 6) is -0.607. The molecule has 4 N–H and O–H groups in total. The van der Waals surface area contributed by atoms with Crippen LogP contribution in [0.4, 0.5) is 10.1 Å². The van der Waals surface area contributed by atoms with E-state index >= 15 is 0 Å². The molecule has 1 aromatic rings. The fourth-order valence-corrected chi connectivity index (χ4v) is 0.992. The molecule has 1 rings (SSSR count). The number of nitrogens with two attached hydrogens (primary N) is 1. The second kappa shape index (κ2) is 4.81. The van der Waals surface area contributed by atoms with Gasteiger partial charge in [-0.1, -0.05) is 6.92 Å². The zero-order valence-electron chi connectivity index (χ0n) is 8.13. The molecule has 1 aromatic carbocycles. The van der Waals surface area contributed by atoms with Crippen LogP contribution in [0.25, 0.3) is 0 Å². The maximum Gasteiger partial charge on any atom is 0.166 e. The van der Waals surface area contributed by atoms with Crippen molar-refractivity contribution in [3.8, 4) is 5.75 Å². The minimum atomic E-state index is -0.615. The monoisotopic (exact) mass is 198 g/mol. The molecule has 0 saturated carbocycles. The van der Waals surface area contributed by atoms with E-state index in [2.05, 4.69) is 5.32 Å². The largest absolute Gasteiger partial charge is 0.505 e. The van der Waals surface area contributed by atoms with Crippen LogP contribution < -0.4 is 11.1 Å². The molecule has 0 bridgehead atoms. The minimum Gasteiger partial charge on any atom is -0.505 e. The van der Waals surface area contributed by atoms with Gasteiger partial charge in [0.25, 0.3) is 0 Å². The van der Waals surface area contributed by atoms with E-state index in [9.17, 15) is 4.39 Å². The lowest BCUT2D eigenvalue weighted by atomic mass is 10.2. The summed E-state index contributed by atoms with van der Waals surface area (Å²) in [4.78, 5) is 0. The van der Waals surface area contributed by atoms with Gasteiger partial charge in [0.05, 0.1) is 0 Å². The second-order valence-corrected chi connectivity index (χ2v) is 3.39. The number of phenolic OH excluding ortho intramolecular Hbond substituents is 1. The summed E-state index contributed by atoms with van der Waals surface area (Å²) in [5, 5.41) is 12.0. The summed E-state index contributed by atoms with van der Waals surface area (Å²) in [5.41, 5.74) is 6.09. The molecule has 0 aliphatic heterocycles. The molecular formula is C10H15FN2O. The molecular weight excluding hydrogens is 183 g/mol.